The van der Waals surface area contributed by atoms with Gasteiger partial charge in [-0.15, -0.1) is 0 Å². The maximum absolute atomic E-state index is 5.68. The van der Waals surface area contributed by atoms with Crippen LogP contribution in [0.3, 0.4) is 0 Å². The minimum absolute atomic E-state index is 0.466. The third kappa shape index (κ3) is 3.87. The molecule has 1 aliphatic carbocycles. The summed E-state index contributed by atoms with van der Waals surface area (Å²) in [5.74, 6) is 0. The lowest BCUT2D eigenvalue weighted by atomic mass is 9.95. The minimum Gasteiger partial charge on any atom is -0.377 e. The lowest BCUT2D eigenvalue weighted by Gasteiger charge is -2.34. The first-order chi connectivity index (χ1) is 8.31. The van der Waals surface area contributed by atoms with E-state index in [-0.39, 0.29) is 0 Å². The smallest absolute Gasteiger partial charge is 0.0666 e. The van der Waals surface area contributed by atoms with E-state index in [1.54, 1.807) is 0 Å². The molecule has 1 heterocycles. The van der Waals surface area contributed by atoms with Crippen LogP contribution in [0.1, 0.15) is 52.4 Å². The second kappa shape index (κ2) is 7.01. The normalized spacial score (nSPS) is 38.5. The molecule has 17 heavy (non-hydrogen) atoms. The predicted octanol–water partition coefficient (Wildman–Crippen LogP) is 3.21. The Hall–Kier alpha value is 0.270. The maximum Gasteiger partial charge on any atom is 0.0666 e. The van der Waals surface area contributed by atoms with Crippen molar-refractivity contribution in [3.8, 4) is 0 Å². The van der Waals surface area contributed by atoms with Gasteiger partial charge in [0.25, 0.3) is 0 Å². The highest BCUT2D eigenvalue weighted by molar-refractivity contribution is 8.00. The van der Waals surface area contributed by atoms with Crippen LogP contribution in [0, 0.1) is 0 Å². The second-order valence-electron chi connectivity index (χ2n) is 5.42. The van der Waals surface area contributed by atoms with Crippen LogP contribution < -0.4 is 5.32 Å². The van der Waals surface area contributed by atoms with Gasteiger partial charge in [-0.1, -0.05) is 19.8 Å². The molecule has 2 rings (SSSR count). The average molecular weight is 257 g/mol. The first-order valence-corrected chi connectivity index (χ1v) is 8.26. The van der Waals surface area contributed by atoms with Gasteiger partial charge in [0.2, 0.25) is 0 Å². The zero-order valence-electron chi connectivity index (χ0n) is 11.3. The Morgan fingerprint density at radius 1 is 1.18 bits per heavy atom. The molecule has 100 valence electrons. The van der Waals surface area contributed by atoms with Crippen LogP contribution >= 0.6 is 11.8 Å². The fraction of sp³-hybridized carbons (Fsp3) is 1.00. The van der Waals surface area contributed by atoms with Crippen molar-refractivity contribution in [3.05, 3.63) is 0 Å². The van der Waals surface area contributed by atoms with E-state index in [1.165, 1.54) is 45.1 Å². The standard InChI is InChI=1S/C14H27NOS/c1-3-9-15-12-6-4-5-7-14(12)17-13-8-10-16-11(13)2/h11-15H,3-10H2,1-2H3. The summed E-state index contributed by atoms with van der Waals surface area (Å²) < 4.78 is 5.68. The summed E-state index contributed by atoms with van der Waals surface area (Å²) in [5, 5.41) is 5.31. The SMILES string of the molecule is CCCNC1CCCCC1SC1CCOC1C. The van der Waals surface area contributed by atoms with Gasteiger partial charge < -0.3 is 10.1 Å². The maximum atomic E-state index is 5.68. The van der Waals surface area contributed by atoms with Crippen LogP contribution in [0.15, 0.2) is 0 Å². The molecule has 0 bridgehead atoms. The van der Waals surface area contributed by atoms with Crippen molar-refractivity contribution in [1.29, 1.82) is 0 Å². The largest absolute Gasteiger partial charge is 0.377 e. The third-order valence-electron chi connectivity index (χ3n) is 4.02. The molecule has 4 unspecified atom stereocenters. The summed E-state index contributed by atoms with van der Waals surface area (Å²) in [6, 6.07) is 0.751. The van der Waals surface area contributed by atoms with Gasteiger partial charge in [-0.2, -0.15) is 11.8 Å². The van der Waals surface area contributed by atoms with Crippen LogP contribution in [-0.4, -0.2) is 35.8 Å². The van der Waals surface area contributed by atoms with Gasteiger partial charge in [0.1, 0.15) is 0 Å². The summed E-state index contributed by atoms with van der Waals surface area (Å²) >= 11 is 2.21. The quantitative estimate of drug-likeness (QED) is 0.817. The van der Waals surface area contributed by atoms with Crippen molar-refractivity contribution in [3.63, 3.8) is 0 Å². The van der Waals surface area contributed by atoms with E-state index in [0.717, 1.165) is 23.1 Å². The Bertz CT molecular complexity index is 224. The summed E-state index contributed by atoms with van der Waals surface area (Å²) in [7, 11) is 0. The molecule has 2 nitrogen and oxygen atoms in total. The molecule has 0 aromatic rings. The second-order valence-corrected chi connectivity index (χ2v) is 6.91. The average Bonchev–Trinajstić information content (AvgIpc) is 2.74. The van der Waals surface area contributed by atoms with E-state index >= 15 is 0 Å². The minimum atomic E-state index is 0.466. The molecule has 1 saturated carbocycles. The Balaban J connectivity index is 1.82. The molecule has 2 aliphatic rings. The Morgan fingerprint density at radius 3 is 2.71 bits per heavy atom. The molecule has 1 saturated heterocycles. The first kappa shape index (κ1) is 13.7. The summed E-state index contributed by atoms with van der Waals surface area (Å²) in [4.78, 5) is 0. The van der Waals surface area contributed by atoms with E-state index in [0.29, 0.717) is 6.10 Å². The van der Waals surface area contributed by atoms with Crippen molar-refractivity contribution < 1.29 is 4.74 Å². The molecule has 0 radical (unpaired) electrons. The Labute approximate surface area is 110 Å². The Kier molecular flexibility index (Phi) is 5.64. The number of ether oxygens (including phenoxy) is 1. The summed E-state index contributed by atoms with van der Waals surface area (Å²) in [6.45, 7) is 6.64. The van der Waals surface area contributed by atoms with Gasteiger partial charge >= 0.3 is 0 Å². The zero-order chi connectivity index (χ0) is 12.1. The fourth-order valence-electron chi connectivity index (χ4n) is 2.94. The molecule has 0 aromatic carbocycles. The molecular formula is C14H27NOS. The molecular weight excluding hydrogens is 230 g/mol. The molecule has 0 spiro atoms. The molecule has 2 fully saturated rings. The van der Waals surface area contributed by atoms with Crippen LogP contribution in [0.5, 0.6) is 0 Å². The van der Waals surface area contributed by atoms with Crippen molar-refractivity contribution >= 4 is 11.8 Å². The van der Waals surface area contributed by atoms with Crippen molar-refractivity contribution in [2.75, 3.05) is 13.2 Å². The third-order valence-corrected chi connectivity index (χ3v) is 5.90. The van der Waals surface area contributed by atoms with Crippen molar-refractivity contribution in [1.82, 2.24) is 5.32 Å². The van der Waals surface area contributed by atoms with Crippen LogP contribution in [0.4, 0.5) is 0 Å². The van der Waals surface area contributed by atoms with Gasteiger partial charge in [-0.25, -0.2) is 0 Å². The summed E-state index contributed by atoms with van der Waals surface area (Å²) in [6.07, 6.45) is 8.57. The van der Waals surface area contributed by atoms with Crippen LogP contribution in [0.2, 0.25) is 0 Å². The number of thioether (sulfide) groups is 1. The molecule has 1 N–H and O–H groups in total. The molecule has 1 aliphatic heterocycles. The zero-order valence-corrected chi connectivity index (χ0v) is 12.1. The van der Waals surface area contributed by atoms with Gasteiger partial charge in [0.05, 0.1) is 6.10 Å². The molecule has 4 atom stereocenters. The van der Waals surface area contributed by atoms with E-state index < -0.39 is 0 Å². The van der Waals surface area contributed by atoms with E-state index in [4.69, 9.17) is 4.74 Å². The lowest BCUT2D eigenvalue weighted by Crippen LogP contribution is -2.42. The van der Waals surface area contributed by atoms with E-state index in [1.807, 2.05) is 0 Å². The van der Waals surface area contributed by atoms with Crippen molar-refractivity contribution in [2.45, 2.75) is 75.0 Å². The van der Waals surface area contributed by atoms with Gasteiger partial charge in [0.15, 0.2) is 0 Å². The Morgan fingerprint density at radius 2 is 2.00 bits per heavy atom. The number of hydrogen-bond acceptors (Lipinski definition) is 3. The number of nitrogens with one attached hydrogen (secondary N) is 1. The monoisotopic (exact) mass is 257 g/mol. The first-order valence-electron chi connectivity index (χ1n) is 7.31. The number of hydrogen-bond donors (Lipinski definition) is 1. The highest BCUT2D eigenvalue weighted by Crippen LogP contribution is 2.36. The highest BCUT2D eigenvalue weighted by atomic mass is 32.2. The van der Waals surface area contributed by atoms with Gasteiger partial charge in [-0.05, 0) is 39.2 Å². The van der Waals surface area contributed by atoms with Gasteiger partial charge in [0, 0.05) is 23.1 Å². The van der Waals surface area contributed by atoms with E-state index in [9.17, 15) is 0 Å². The number of rotatable bonds is 5. The van der Waals surface area contributed by atoms with Gasteiger partial charge in [-0.3, -0.25) is 0 Å². The lowest BCUT2D eigenvalue weighted by molar-refractivity contribution is 0.127. The topological polar surface area (TPSA) is 21.3 Å². The predicted molar refractivity (Wildman–Crippen MR) is 75.7 cm³/mol. The van der Waals surface area contributed by atoms with Crippen molar-refractivity contribution in [2.24, 2.45) is 0 Å². The molecule has 0 aromatic heterocycles. The molecule has 3 heteroatoms. The molecule has 0 amide bonds. The highest BCUT2D eigenvalue weighted by Gasteiger charge is 2.32. The van der Waals surface area contributed by atoms with E-state index in [2.05, 4.69) is 30.9 Å². The fourth-order valence-corrected chi connectivity index (χ4v) is 4.64. The van der Waals surface area contributed by atoms with Crippen LogP contribution in [0.25, 0.3) is 0 Å². The summed E-state index contributed by atoms with van der Waals surface area (Å²) in [5.41, 5.74) is 0. The van der Waals surface area contributed by atoms with Crippen LogP contribution in [-0.2, 0) is 4.74 Å².